The predicted molar refractivity (Wildman–Crippen MR) is 123 cm³/mol. The van der Waals surface area contributed by atoms with E-state index < -0.39 is 11.6 Å². The number of pyridine rings is 1. The zero-order chi connectivity index (χ0) is 22.7. The highest BCUT2D eigenvalue weighted by Crippen LogP contribution is 2.40. The van der Waals surface area contributed by atoms with Crippen LogP contribution in [0.5, 0.6) is 5.75 Å². The fraction of sp³-hybridized carbons (Fsp3) is 0.0909. The second-order valence-electron chi connectivity index (χ2n) is 6.68. The highest BCUT2D eigenvalue weighted by molar-refractivity contribution is 7.17. The third-order valence-electron chi connectivity index (χ3n) is 4.70. The molecule has 0 saturated carbocycles. The van der Waals surface area contributed by atoms with Crippen molar-refractivity contribution in [3.63, 3.8) is 0 Å². The Labute approximate surface area is 186 Å². The van der Waals surface area contributed by atoms with Crippen molar-refractivity contribution in [1.29, 1.82) is 5.41 Å². The summed E-state index contributed by atoms with van der Waals surface area (Å²) in [6.07, 6.45) is 4.14. The van der Waals surface area contributed by atoms with Crippen molar-refractivity contribution in [3.8, 4) is 16.3 Å². The maximum Gasteiger partial charge on any atom is 0.171 e. The van der Waals surface area contributed by atoms with E-state index >= 15 is 0 Å². The van der Waals surface area contributed by atoms with Gasteiger partial charge in [0.15, 0.2) is 11.7 Å². The smallest absolute Gasteiger partial charge is 0.171 e. The monoisotopic (exact) mass is 452 g/mol. The van der Waals surface area contributed by atoms with Crippen molar-refractivity contribution in [1.82, 2.24) is 4.98 Å². The number of nitrogens with two attached hydrogens (primary N) is 2. The third kappa shape index (κ3) is 4.12. The fourth-order valence-electron chi connectivity index (χ4n) is 3.19. The molecule has 1 aromatic carbocycles. The topological polar surface area (TPSA) is 123 Å². The van der Waals surface area contributed by atoms with Crippen LogP contribution in [0.3, 0.4) is 0 Å². The van der Waals surface area contributed by atoms with Gasteiger partial charge in [-0.05, 0) is 35.9 Å². The summed E-state index contributed by atoms with van der Waals surface area (Å²) in [5.41, 5.74) is 13.6. The maximum atomic E-state index is 14.1. The Balaban J connectivity index is 1.84. The van der Waals surface area contributed by atoms with Crippen LogP contribution in [0.4, 0.5) is 14.5 Å². The van der Waals surface area contributed by atoms with E-state index in [1.54, 1.807) is 12.1 Å². The molecule has 32 heavy (non-hydrogen) atoms. The average molecular weight is 452 g/mol. The molecule has 10 heteroatoms. The van der Waals surface area contributed by atoms with Gasteiger partial charge >= 0.3 is 0 Å². The number of nitrogens with one attached hydrogen (secondary N) is 1. The van der Waals surface area contributed by atoms with Crippen LogP contribution in [0.25, 0.3) is 16.1 Å². The second-order valence-corrected chi connectivity index (χ2v) is 7.73. The standard InChI is InChI=1S/C22H18F2N6OS/c23-14-1-2-17(15(24)8-14)30-22(28-11-27)19-7-12-5-6-31-18-4-3-16(13(9-25)10-26)29-20(18)21(12)32-19/h1-4,7-11,25H,5-6,26H2,(H2,27,28,30)/b13-10+,25-9?. The van der Waals surface area contributed by atoms with Crippen LogP contribution in [0, 0.1) is 17.0 Å². The molecule has 4 rings (SSSR count). The van der Waals surface area contributed by atoms with Crippen LogP contribution in [-0.2, 0) is 6.42 Å². The second kappa shape index (κ2) is 9.06. The number of aromatic nitrogens is 1. The molecule has 7 nitrogen and oxygen atoms in total. The van der Waals surface area contributed by atoms with Crippen molar-refractivity contribution in [3.05, 3.63) is 70.4 Å². The highest BCUT2D eigenvalue weighted by Gasteiger charge is 2.23. The lowest BCUT2D eigenvalue weighted by atomic mass is 10.1. The number of benzene rings is 1. The van der Waals surface area contributed by atoms with Crippen LogP contribution in [0.2, 0.25) is 0 Å². The maximum absolute atomic E-state index is 14.1. The summed E-state index contributed by atoms with van der Waals surface area (Å²) in [4.78, 5) is 14.5. The largest absolute Gasteiger partial charge is 0.491 e. The first kappa shape index (κ1) is 21.3. The molecule has 0 saturated heterocycles. The van der Waals surface area contributed by atoms with Crippen molar-refractivity contribution in [2.75, 3.05) is 6.61 Å². The molecule has 0 bridgehead atoms. The van der Waals surface area contributed by atoms with Crippen molar-refractivity contribution < 1.29 is 13.5 Å². The predicted octanol–water partition coefficient (Wildman–Crippen LogP) is 4.04. The molecular formula is C22H18F2N6OS. The normalized spacial score (nSPS) is 13.9. The molecule has 3 aromatic rings. The first-order valence-corrected chi connectivity index (χ1v) is 10.3. The van der Waals surface area contributed by atoms with Crippen LogP contribution < -0.4 is 16.2 Å². The molecule has 0 amide bonds. The van der Waals surface area contributed by atoms with E-state index in [-0.39, 0.29) is 11.5 Å². The van der Waals surface area contributed by atoms with E-state index in [1.165, 1.54) is 23.6 Å². The molecule has 1 aliphatic rings. The lowest BCUT2D eigenvalue weighted by Crippen LogP contribution is -2.01. The van der Waals surface area contributed by atoms with E-state index in [9.17, 15) is 8.78 Å². The third-order valence-corrected chi connectivity index (χ3v) is 5.88. The molecule has 0 aliphatic carbocycles. The molecule has 0 fully saturated rings. The number of ether oxygens (including phenoxy) is 1. The molecule has 0 spiro atoms. The van der Waals surface area contributed by atoms with Crippen LogP contribution in [0.1, 0.15) is 16.1 Å². The van der Waals surface area contributed by atoms with Crippen molar-refractivity contribution in [2.24, 2.45) is 21.5 Å². The van der Waals surface area contributed by atoms with Gasteiger partial charge < -0.3 is 21.6 Å². The molecule has 2 aromatic heterocycles. The van der Waals surface area contributed by atoms with Crippen molar-refractivity contribution in [2.45, 2.75) is 6.42 Å². The van der Waals surface area contributed by atoms with Gasteiger partial charge in [-0.2, -0.15) is 0 Å². The minimum absolute atomic E-state index is 0.0524. The highest BCUT2D eigenvalue weighted by atomic mass is 32.1. The number of hydrogen-bond acceptors (Lipinski definition) is 6. The SMILES string of the molecule is N=C/C(=C\N)c1ccc2c(n1)-c1sc(C(N=CN)=Nc3ccc(F)cc3F)cc1CCO2. The molecule has 5 N–H and O–H groups in total. The van der Waals surface area contributed by atoms with E-state index in [2.05, 4.69) is 15.0 Å². The number of nitrogens with zero attached hydrogens (tertiary/aromatic N) is 3. The Kier molecular flexibility index (Phi) is 6.04. The molecule has 1 aliphatic heterocycles. The van der Waals surface area contributed by atoms with E-state index in [4.69, 9.17) is 21.6 Å². The Hall–Kier alpha value is -3.92. The van der Waals surface area contributed by atoms with Crippen LogP contribution >= 0.6 is 11.3 Å². The lowest BCUT2D eigenvalue weighted by Gasteiger charge is -2.09. The number of halogens is 2. The molecule has 3 heterocycles. The lowest BCUT2D eigenvalue weighted by molar-refractivity contribution is 0.325. The van der Waals surface area contributed by atoms with Crippen molar-refractivity contribution >= 4 is 41.0 Å². The van der Waals surface area contributed by atoms with E-state index in [0.717, 1.165) is 35.1 Å². The Bertz CT molecular complexity index is 1280. The first-order valence-electron chi connectivity index (χ1n) is 9.52. The molecular weight excluding hydrogens is 434 g/mol. The van der Waals surface area contributed by atoms with Gasteiger partial charge in [-0.15, -0.1) is 11.3 Å². The molecule has 0 radical (unpaired) electrons. The summed E-state index contributed by atoms with van der Waals surface area (Å²) in [6, 6.07) is 8.54. The number of allylic oxidation sites excluding steroid dienone is 1. The molecule has 0 unspecified atom stereocenters. The van der Waals surface area contributed by atoms with Gasteiger partial charge in [0.1, 0.15) is 22.9 Å². The van der Waals surface area contributed by atoms with Gasteiger partial charge in [0.05, 0.1) is 28.4 Å². The minimum Gasteiger partial charge on any atom is -0.491 e. The van der Waals surface area contributed by atoms with Crippen LogP contribution in [-0.4, -0.2) is 30.0 Å². The molecule has 0 atom stereocenters. The number of hydrogen-bond donors (Lipinski definition) is 3. The van der Waals surface area contributed by atoms with Gasteiger partial charge in [0.2, 0.25) is 0 Å². The summed E-state index contributed by atoms with van der Waals surface area (Å²) in [5.74, 6) is -0.697. The zero-order valence-electron chi connectivity index (χ0n) is 16.7. The first-order chi connectivity index (χ1) is 15.5. The summed E-state index contributed by atoms with van der Waals surface area (Å²) < 4.78 is 33.2. The summed E-state index contributed by atoms with van der Waals surface area (Å²) >= 11 is 1.36. The minimum atomic E-state index is -0.800. The fourth-order valence-corrected chi connectivity index (χ4v) is 4.34. The van der Waals surface area contributed by atoms with E-state index in [0.29, 0.717) is 40.6 Å². The summed E-state index contributed by atoms with van der Waals surface area (Å²) in [7, 11) is 0. The number of aliphatic imine (C=N–C) groups is 2. The van der Waals surface area contributed by atoms with Gasteiger partial charge in [0, 0.05) is 30.5 Å². The van der Waals surface area contributed by atoms with Gasteiger partial charge in [-0.3, -0.25) is 0 Å². The Morgan fingerprint density at radius 2 is 2.03 bits per heavy atom. The zero-order valence-corrected chi connectivity index (χ0v) is 17.5. The van der Waals surface area contributed by atoms with Gasteiger partial charge in [-0.25, -0.2) is 23.7 Å². The molecule has 162 valence electrons. The van der Waals surface area contributed by atoms with E-state index in [1.807, 2.05) is 6.07 Å². The Morgan fingerprint density at radius 3 is 2.75 bits per heavy atom. The quantitative estimate of drug-likeness (QED) is 0.408. The number of fused-ring (bicyclic) bond motifs is 3. The average Bonchev–Trinajstić information content (AvgIpc) is 3.13. The summed E-state index contributed by atoms with van der Waals surface area (Å²) in [5, 5.41) is 7.53. The Morgan fingerprint density at radius 1 is 1.19 bits per heavy atom. The number of amidine groups is 1. The summed E-state index contributed by atoms with van der Waals surface area (Å²) in [6.45, 7) is 0.445. The van der Waals surface area contributed by atoms with Gasteiger partial charge in [-0.1, -0.05) is 0 Å². The van der Waals surface area contributed by atoms with Gasteiger partial charge in [0.25, 0.3) is 0 Å². The number of thiophene rings is 1. The number of rotatable bonds is 4. The van der Waals surface area contributed by atoms with Crippen LogP contribution in [0.15, 0.2) is 52.6 Å².